The fourth-order valence-corrected chi connectivity index (χ4v) is 8.01. The highest BCUT2D eigenvalue weighted by Gasteiger charge is 2.76. The zero-order chi connectivity index (χ0) is 32.5. The third-order valence-corrected chi connectivity index (χ3v) is 10.3. The molecule has 6 rings (SSSR count). The molecule has 4 heterocycles. The van der Waals surface area contributed by atoms with Crippen LogP contribution in [0.15, 0.2) is 78.9 Å². The van der Waals surface area contributed by atoms with Crippen LogP contribution in [0.1, 0.15) is 45.6 Å². The lowest BCUT2D eigenvalue weighted by atomic mass is 9.73. The predicted octanol–water partition coefficient (Wildman–Crippen LogP) is 4.29. The molecule has 244 valence electrons. The topological polar surface area (TPSA) is 99.6 Å². The standard InChI is InChI=1S/C37H45N3O6/c1-4-36-20-11-8-12-23-45-35(44)31(36)30-33(42)40(29(25-41)24-26-14-9-7-10-15-26)32-34(43)39(22-13-21-37(30,32)46-36)28-18-16-27(17-19-28)38(5-2)6-3/h7,9-11,13-21,29-32,41H,4-6,8,12,22-25H2,1-3H3/b20-11-/t29-,30+,31+,32?,36-,37+/m1/s1. The number of hydrogen-bond donors (Lipinski definition) is 1. The maximum atomic E-state index is 15.0. The third-order valence-electron chi connectivity index (χ3n) is 10.3. The van der Waals surface area contributed by atoms with Gasteiger partial charge < -0.3 is 29.3 Å². The molecule has 2 saturated heterocycles. The van der Waals surface area contributed by atoms with Crippen LogP contribution in [0.4, 0.5) is 11.4 Å². The van der Waals surface area contributed by atoms with Crippen molar-refractivity contribution in [2.75, 3.05) is 42.6 Å². The molecule has 0 bridgehead atoms. The molecule has 1 unspecified atom stereocenters. The number of fused-ring (bicyclic) bond motifs is 2. The fourth-order valence-electron chi connectivity index (χ4n) is 8.01. The molecule has 1 spiro atoms. The van der Waals surface area contributed by atoms with Crippen LogP contribution in [0, 0.1) is 11.8 Å². The minimum Gasteiger partial charge on any atom is -0.465 e. The SMILES string of the molecule is CCN(CC)c1ccc(N2CC=C[C@]34O[C@]5(CC)/C=C\CCCOC(=O)[C@@H]5[C@H]3C(=O)N([C@@H](CO)Cc3ccccc3)C4C2=O)cc1. The molecule has 2 aromatic rings. The monoisotopic (exact) mass is 627 g/mol. The largest absolute Gasteiger partial charge is 0.465 e. The summed E-state index contributed by atoms with van der Waals surface area (Å²) in [6, 6.07) is 15.7. The van der Waals surface area contributed by atoms with Crippen LogP contribution in [-0.2, 0) is 30.3 Å². The molecule has 2 amide bonds. The molecule has 9 nitrogen and oxygen atoms in total. The highest BCUT2D eigenvalue weighted by Crippen LogP contribution is 2.58. The Labute approximate surface area is 271 Å². The van der Waals surface area contributed by atoms with Gasteiger partial charge in [-0.3, -0.25) is 14.4 Å². The summed E-state index contributed by atoms with van der Waals surface area (Å²) in [5.41, 5.74) is 0.134. The number of hydrogen-bond acceptors (Lipinski definition) is 7. The molecular weight excluding hydrogens is 582 g/mol. The number of aliphatic hydroxyl groups excluding tert-OH is 1. The van der Waals surface area contributed by atoms with Crippen LogP contribution in [-0.4, -0.2) is 83.9 Å². The van der Waals surface area contributed by atoms with Crippen molar-refractivity contribution in [3.05, 3.63) is 84.5 Å². The Morgan fingerprint density at radius 3 is 2.35 bits per heavy atom. The first-order chi connectivity index (χ1) is 22.3. The number of cyclic esters (lactones) is 1. The van der Waals surface area contributed by atoms with Crippen molar-refractivity contribution >= 4 is 29.2 Å². The molecule has 9 heteroatoms. The van der Waals surface area contributed by atoms with Gasteiger partial charge in [-0.15, -0.1) is 0 Å². The number of ether oxygens (including phenoxy) is 2. The fraction of sp³-hybridized carbons (Fsp3) is 0.486. The van der Waals surface area contributed by atoms with Crippen molar-refractivity contribution in [2.24, 2.45) is 11.8 Å². The summed E-state index contributed by atoms with van der Waals surface area (Å²) < 4.78 is 12.8. The van der Waals surface area contributed by atoms with Gasteiger partial charge >= 0.3 is 5.97 Å². The third kappa shape index (κ3) is 5.23. The van der Waals surface area contributed by atoms with Crippen molar-refractivity contribution < 1.29 is 29.0 Å². The van der Waals surface area contributed by atoms with E-state index < -0.39 is 41.1 Å². The second-order valence-electron chi connectivity index (χ2n) is 12.6. The number of allylic oxidation sites excluding steroid dienone is 1. The summed E-state index contributed by atoms with van der Waals surface area (Å²) in [4.78, 5) is 49.2. The van der Waals surface area contributed by atoms with Crippen LogP contribution in [0.25, 0.3) is 0 Å². The van der Waals surface area contributed by atoms with Crippen molar-refractivity contribution in [3.63, 3.8) is 0 Å². The second kappa shape index (κ2) is 13.0. The first kappa shape index (κ1) is 32.0. The summed E-state index contributed by atoms with van der Waals surface area (Å²) in [5.74, 6) is -3.11. The number of nitrogens with zero attached hydrogens (tertiary/aromatic N) is 3. The van der Waals surface area contributed by atoms with Gasteiger partial charge in [0.05, 0.1) is 25.2 Å². The first-order valence-electron chi connectivity index (χ1n) is 16.7. The van der Waals surface area contributed by atoms with Crippen molar-refractivity contribution in [1.82, 2.24) is 4.90 Å². The number of likely N-dealkylation sites (tertiary alicyclic amines) is 1. The minimum absolute atomic E-state index is 0.250. The molecular formula is C37H45N3O6. The number of aliphatic hydroxyl groups is 1. The van der Waals surface area contributed by atoms with E-state index in [1.54, 1.807) is 4.90 Å². The number of anilines is 2. The van der Waals surface area contributed by atoms with Crippen molar-refractivity contribution in [3.8, 4) is 0 Å². The Morgan fingerprint density at radius 1 is 0.935 bits per heavy atom. The van der Waals surface area contributed by atoms with Gasteiger partial charge in [-0.2, -0.15) is 0 Å². The van der Waals surface area contributed by atoms with Gasteiger partial charge in [0.25, 0.3) is 5.91 Å². The van der Waals surface area contributed by atoms with E-state index in [0.29, 0.717) is 31.4 Å². The summed E-state index contributed by atoms with van der Waals surface area (Å²) in [6.45, 7) is 8.04. The van der Waals surface area contributed by atoms with E-state index in [4.69, 9.17) is 9.47 Å². The smallest absolute Gasteiger partial charge is 0.313 e. The van der Waals surface area contributed by atoms with Gasteiger partial charge in [0.15, 0.2) is 0 Å². The predicted molar refractivity (Wildman–Crippen MR) is 176 cm³/mol. The van der Waals surface area contributed by atoms with Crippen LogP contribution in [0.5, 0.6) is 0 Å². The molecule has 6 atom stereocenters. The van der Waals surface area contributed by atoms with E-state index in [0.717, 1.165) is 24.3 Å². The Bertz CT molecular complexity index is 1490. The van der Waals surface area contributed by atoms with E-state index in [2.05, 4.69) is 18.7 Å². The summed E-state index contributed by atoms with van der Waals surface area (Å²) >= 11 is 0. The lowest BCUT2D eigenvalue weighted by molar-refractivity contribution is -0.161. The number of amides is 2. The number of esters is 1. The van der Waals surface area contributed by atoms with Crippen LogP contribution < -0.4 is 9.80 Å². The molecule has 4 aliphatic rings. The van der Waals surface area contributed by atoms with E-state index >= 15 is 0 Å². The quantitative estimate of drug-likeness (QED) is 0.327. The van der Waals surface area contributed by atoms with Gasteiger partial charge in [0.1, 0.15) is 23.2 Å². The molecule has 2 aromatic carbocycles. The number of benzene rings is 2. The Balaban J connectivity index is 1.47. The summed E-state index contributed by atoms with van der Waals surface area (Å²) in [7, 11) is 0. The second-order valence-corrected chi connectivity index (χ2v) is 12.6. The molecule has 4 aliphatic heterocycles. The summed E-state index contributed by atoms with van der Waals surface area (Å²) in [6.07, 6.45) is 9.81. The zero-order valence-corrected chi connectivity index (χ0v) is 27.0. The lowest BCUT2D eigenvalue weighted by Crippen LogP contribution is -2.59. The molecule has 1 N–H and O–H groups in total. The average Bonchev–Trinajstić information content (AvgIpc) is 3.46. The van der Waals surface area contributed by atoms with Gasteiger partial charge in [-0.1, -0.05) is 61.6 Å². The number of carbonyl (C=O) groups excluding carboxylic acids is 3. The van der Waals surface area contributed by atoms with Gasteiger partial charge in [0.2, 0.25) is 5.91 Å². The highest BCUT2D eigenvalue weighted by molar-refractivity contribution is 6.06. The first-order valence-corrected chi connectivity index (χ1v) is 16.7. The van der Waals surface area contributed by atoms with Crippen LogP contribution >= 0.6 is 0 Å². The Hall–Kier alpha value is -3.95. The van der Waals surface area contributed by atoms with Gasteiger partial charge in [-0.25, -0.2) is 0 Å². The van der Waals surface area contributed by atoms with Crippen LogP contribution in [0.2, 0.25) is 0 Å². The Kier molecular flexibility index (Phi) is 9.08. The molecule has 0 aromatic heterocycles. The molecule has 46 heavy (non-hydrogen) atoms. The maximum absolute atomic E-state index is 15.0. The van der Waals surface area contributed by atoms with E-state index in [1.165, 1.54) is 4.90 Å². The van der Waals surface area contributed by atoms with Crippen LogP contribution in [0.3, 0.4) is 0 Å². The van der Waals surface area contributed by atoms with Crippen molar-refractivity contribution in [1.29, 1.82) is 0 Å². The van der Waals surface area contributed by atoms with E-state index in [9.17, 15) is 19.5 Å². The number of carbonyl (C=O) groups is 3. The van der Waals surface area contributed by atoms with E-state index in [1.807, 2.05) is 85.8 Å². The molecule has 2 fully saturated rings. The summed E-state index contributed by atoms with van der Waals surface area (Å²) in [5, 5.41) is 10.8. The van der Waals surface area contributed by atoms with Gasteiger partial charge in [-0.05, 0) is 69.4 Å². The maximum Gasteiger partial charge on any atom is 0.313 e. The molecule has 0 radical (unpaired) electrons. The normalized spacial score (nSPS) is 30.3. The zero-order valence-electron chi connectivity index (χ0n) is 27.0. The number of rotatable bonds is 9. The minimum atomic E-state index is -1.43. The van der Waals surface area contributed by atoms with E-state index in [-0.39, 0.29) is 31.6 Å². The molecule has 0 aliphatic carbocycles. The van der Waals surface area contributed by atoms with Gasteiger partial charge in [0, 0.05) is 31.0 Å². The molecule has 0 saturated carbocycles. The van der Waals surface area contributed by atoms with Crippen molar-refractivity contribution in [2.45, 2.75) is 69.7 Å². The highest BCUT2D eigenvalue weighted by atomic mass is 16.6. The Morgan fingerprint density at radius 2 is 1.67 bits per heavy atom. The average molecular weight is 628 g/mol. The lowest BCUT2D eigenvalue weighted by Gasteiger charge is -2.41.